The van der Waals surface area contributed by atoms with Crippen LogP contribution in [0.25, 0.3) is 5.57 Å². The molecule has 2 bridgehead atoms. The number of halogens is 1. The van der Waals surface area contributed by atoms with E-state index < -0.39 is 0 Å². The third kappa shape index (κ3) is 3.32. The van der Waals surface area contributed by atoms with Gasteiger partial charge in [0.05, 0.1) is 26.2 Å². The molecule has 3 atom stereocenters. The van der Waals surface area contributed by atoms with Crippen molar-refractivity contribution in [3.05, 3.63) is 50.9 Å². The molecule has 23 heavy (non-hydrogen) atoms. The van der Waals surface area contributed by atoms with Gasteiger partial charge < -0.3 is 28.5 Å². The van der Waals surface area contributed by atoms with Crippen LogP contribution in [0, 0.1) is 5.92 Å². The Bertz CT molecular complexity index is 605. The van der Waals surface area contributed by atoms with Gasteiger partial charge in [0.1, 0.15) is 0 Å². The number of allylic oxidation sites excluding steroid dienone is 1. The number of nitrogens with zero attached hydrogens (tertiary/aromatic N) is 1. The highest BCUT2D eigenvalue weighted by Gasteiger charge is 2.48. The molecule has 0 radical (unpaired) electrons. The second-order valence-electron chi connectivity index (χ2n) is 7.35. The first-order valence-corrected chi connectivity index (χ1v) is 10.1. The summed E-state index contributed by atoms with van der Waals surface area (Å²) in [4.78, 5) is 0. The average Bonchev–Trinajstić information content (AvgIpc) is 3.19. The van der Waals surface area contributed by atoms with Crippen molar-refractivity contribution in [3.8, 4) is 0 Å². The molecule has 2 aliphatic rings. The van der Waals surface area contributed by atoms with Crippen molar-refractivity contribution < 1.29 is 28.5 Å². The van der Waals surface area contributed by atoms with Crippen molar-refractivity contribution in [3.63, 3.8) is 0 Å². The summed E-state index contributed by atoms with van der Waals surface area (Å²) in [5.41, 5.74) is 4.25. The Balaban J connectivity index is 0.00000156. The molecule has 2 aliphatic heterocycles. The number of piperidine rings is 1. The second kappa shape index (κ2) is 6.98. The van der Waals surface area contributed by atoms with Gasteiger partial charge in [0.25, 0.3) is 0 Å². The van der Waals surface area contributed by atoms with Gasteiger partial charge in [-0.25, -0.2) is 0 Å². The Morgan fingerprint density at radius 3 is 1.96 bits per heavy atom. The SMILES string of the molecule is C[N+]1(C)[C@@H]2CC[C@H]1C[C@@H](C=C(c1ccsc1)c1ccsc1)C2.[I-]. The van der Waals surface area contributed by atoms with Gasteiger partial charge in [-0.1, -0.05) is 6.08 Å². The summed E-state index contributed by atoms with van der Waals surface area (Å²) in [7, 11) is 4.89. The molecule has 2 aromatic heterocycles. The minimum atomic E-state index is 0. The van der Waals surface area contributed by atoms with Crippen molar-refractivity contribution in [1.82, 2.24) is 0 Å². The molecule has 2 saturated heterocycles. The monoisotopic (exact) mass is 457 g/mol. The van der Waals surface area contributed by atoms with E-state index in [0.717, 1.165) is 18.0 Å². The Kier molecular flexibility index (Phi) is 5.36. The van der Waals surface area contributed by atoms with Crippen LogP contribution in [0.4, 0.5) is 0 Å². The highest BCUT2D eigenvalue weighted by Crippen LogP contribution is 2.43. The van der Waals surface area contributed by atoms with Crippen LogP contribution in [0.5, 0.6) is 0 Å². The molecule has 124 valence electrons. The Morgan fingerprint density at radius 1 is 1.00 bits per heavy atom. The van der Waals surface area contributed by atoms with E-state index in [1.54, 1.807) is 22.7 Å². The minimum Gasteiger partial charge on any atom is -1.00 e. The smallest absolute Gasteiger partial charge is 0.0896 e. The summed E-state index contributed by atoms with van der Waals surface area (Å²) < 4.78 is 1.26. The molecule has 2 fully saturated rings. The van der Waals surface area contributed by atoms with Crippen molar-refractivity contribution in [2.24, 2.45) is 5.92 Å². The van der Waals surface area contributed by atoms with Crippen LogP contribution in [0.2, 0.25) is 0 Å². The maximum Gasteiger partial charge on any atom is 0.0896 e. The van der Waals surface area contributed by atoms with Gasteiger partial charge in [0.15, 0.2) is 0 Å². The van der Waals surface area contributed by atoms with Crippen LogP contribution in [0.1, 0.15) is 36.8 Å². The van der Waals surface area contributed by atoms with E-state index in [-0.39, 0.29) is 24.0 Å². The lowest BCUT2D eigenvalue weighted by Crippen LogP contribution is -3.00. The van der Waals surface area contributed by atoms with E-state index in [9.17, 15) is 0 Å². The maximum absolute atomic E-state index is 2.59. The van der Waals surface area contributed by atoms with Crippen molar-refractivity contribution >= 4 is 28.2 Å². The number of fused-ring (bicyclic) bond motifs is 2. The number of thiophene rings is 2. The van der Waals surface area contributed by atoms with Gasteiger partial charge >= 0.3 is 0 Å². The molecule has 4 heterocycles. The summed E-state index contributed by atoms with van der Waals surface area (Å²) >= 11 is 3.60. The van der Waals surface area contributed by atoms with E-state index >= 15 is 0 Å². The largest absolute Gasteiger partial charge is 1.00 e. The van der Waals surface area contributed by atoms with E-state index in [1.165, 1.54) is 46.9 Å². The molecule has 1 nitrogen and oxygen atoms in total. The Morgan fingerprint density at radius 2 is 1.52 bits per heavy atom. The zero-order valence-electron chi connectivity index (χ0n) is 13.7. The molecular formula is C19H24INS2. The van der Waals surface area contributed by atoms with Gasteiger partial charge in [0, 0.05) is 25.7 Å². The van der Waals surface area contributed by atoms with Crippen LogP contribution in [0.3, 0.4) is 0 Å². The van der Waals surface area contributed by atoms with Gasteiger partial charge in [-0.3, -0.25) is 0 Å². The third-order valence-electron chi connectivity index (χ3n) is 5.93. The van der Waals surface area contributed by atoms with Gasteiger partial charge in [-0.05, 0) is 56.3 Å². The molecule has 0 spiro atoms. The van der Waals surface area contributed by atoms with Crippen LogP contribution >= 0.6 is 22.7 Å². The lowest BCUT2D eigenvalue weighted by atomic mass is 9.86. The molecule has 0 unspecified atom stereocenters. The second-order valence-corrected chi connectivity index (χ2v) is 8.91. The van der Waals surface area contributed by atoms with E-state index in [0.29, 0.717) is 0 Å². The van der Waals surface area contributed by atoms with Gasteiger partial charge in [-0.15, -0.1) is 0 Å². The highest BCUT2D eigenvalue weighted by atomic mass is 127. The predicted molar refractivity (Wildman–Crippen MR) is 97.4 cm³/mol. The highest BCUT2D eigenvalue weighted by molar-refractivity contribution is 7.08. The normalized spacial score (nSPS) is 28.2. The van der Waals surface area contributed by atoms with Crippen molar-refractivity contribution in [2.75, 3.05) is 14.1 Å². The molecular weight excluding hydrogens is 433 g/mol. The fourth-order valence-corrected chi connectivity index (χ4v) is 5.80. The molecule has 4 heteroatoms. The minimum absolute atomic E-state index is 0. The predicted octanol–water partition coefficient (Wildman–Crippen LogP) is 2.26. The van der Waals surface area contributed by atoms with Gasteiger partial charge in [0.2, 0.25) is 0 Å². The first-order valence-electron chi connectivity index (χ1n) is 8.25. The topological polar surface area (TPSA) is 0 Å². The van der Waals surface area contributed by atoms with E-state index in [1.807, 2.05) is 0 Å². The van der Waals surface area contributed by atoms with Crippen LogP contribution in [-0.2, 0) is 0 Å². The number of quaternary nitrogens is 1. The van der Waals surface area contributed by atoms with Crippen LogP contribution in [-0.4, -0.2) is 30.7 Å². The van der Waals surface area contributed by atoms with Crippen molar-refractivity contribution in [2.45, 2.75) is 37.8 Å². The van der Waals surface area contributed by atoms with Gasteiger partial charge in [-0.2, -0.15) is 22.7 Å². The number of rotatable bonds is 3. The molecule has 0 N–H and O–H groups in total. The third-order valence-corrected chi connectivity index (χ3v) is 7.30. The van der Waals surface area contributed by atoms with Crippen LogP contribution in [0.15, 0.2) is 39.7 Å². The molecule has 0 aromatic carbocycles. The average molecular weight is 457 g/mol. The summed E-state index contributed by atoms with van der Waals surface area (Å²) in [5, 5.41) is 8.97. The van der Waals surface area contributed by atoms with E-state index in [2.05, 4.69) is 53.8 Å². The zero-order valence-corrected chi connectivity index (χ0v) is 17.5. The molecule has 4 rings (SSSR count). The van der Waals surface area contributed by atoms with Crippen LogP contribution < -0.4 is 24.0 Å². The lowest BCUT2D eigenvalue weighted by molar-refractivity contribution is -0.931. The van der Waals surface area contributed by atoms with Crippen molar-refractivity contribution in [1.29, 1.82) is 0 Å². The number of hydrogen-bond donors (Lipinski definition) is 0. The lowest BCUT2D eigenvalue weighted by Gasteiger charge is -2.43. The number of hydrogen-bond acceptors (Lipinski definition) is 2. The molecule has 0 saturated carbocycles. The standard InChI is InChI=1S/C19H24NS2.HI/c1-20(2)17-3-4-18(20)10-14(9-17)11-19(15-5-7-21-12-15)16-6-8-22-13-16;/h5-8,11-14,17-18H,3-4,9-10H2,1-2H3;1H/q+1;/p-1/t14-,17+,18-;. The summed E-state index contributed by atoms with van der Waals surface area (Å²) in [6.07, 6.45) is 8.17. The fourth-order valence-electron chi connectivity index (χ4n) is 4.49. The zero-order chi connectivity index (χ0) is 15.2. The van der Waals surface area contributed by atoms with E-state index in [4.69, 9.17) is 0 Å². The Hall–Kier alpha value is -0.170. The summed E-state index contributed by atoms with van der Waals surface area (Å²) in [6, 6.07) is 6.27. The fraction of sp³-hybridized carbons (Fsp3) is 0.474. The first-order chi connectivity index (χ1) is 10.6. The summed E-state index contributed by atoms with van der Waals surface area (Å²) in [5.74, 6) is 0.749. The maximum atomic E-state index is 2.59. The first kappa shape index (κ1) is 17.6. The molecule has 2 aromatic rings. The Labute approximate surface area is 164 Å². The molecule has 0 amide bonds. The summed E-state index contributed by atoms with van der Waals surface area (Å²) in [6.45, 7) is 0. The molecule has 0 aliphatic carbocycles. The quantitative estimate of drug-likeness (QED) is 0.490.